The molecule has 0 aromatic heterocycles. The average Bonchev–Trinajstić information content (AvgIpc) is 2.62. The molecule has 0 amide bonds. The Bertz CT molecular complexity index is 727. The molecule has 0 saturated heterocycles. The van der Waals surface area contributed by atoms with E-state index in [-0.39, 0.29) is 12.6 Å². The highest BCUT2D eigenvalue weighted by molar-refractivity contribution is 5.89. The molecule has 26 heavy (non-hydrogen) atoms. The lowest BCUT2D eigenvalue weighted by atomic mass is 10.1. The Labute approximate surface area is 155 Å². The first-order chi connectivity index (χ1) is 12.4. The maximum atomic E-state index is 11.4. The lowest BCUT2D eigenvalue weighted by molar-refractivity contribution is 0.0600. The number of methoxy groups -OCH3 is 1. The molecule has 0 saturated carbocycles. The molecule has 0 spiro atoms. The third kappa shape index (κ3) is 5.86. The van der Waals surface area contributed by atoms with Gasteiger partial charge in [0.1, 0.15) is 18.5 Å². The van der Waals surface area contributed by atoms with Crippen LogP contribution in [0.5, 0.6) is 5.75 Å². The van der Waals surface area contributed by atoms with Crippen molar-refractivity contribution in [2.75, 3.05) is 27.3 Å². The zero-order valence-corrected chi connectivity index (χ0v) is 15.9. The summed E-state index contributed by atoms with van der Waals surface area (Å²) >= 11 is 0. The maximum Gasteiger partial charge on any atom is 0.337 e. The van der Waals surface area contributed by atoms with Crippen molar-refractivity contribution in [3.8, 4) is 5.75 Å². The molecule has 140 valence electrons. The van der Waals surface area contributed by atoms with Crippen molar-refractivity contribution < 1.29 is 19.4 Å². The molecule has 5 heteroatoms. The van der Waals surface area contributed by atoms with Crippen molar-refractivity contribution in [3.63, 3.8) is 0 Å². The molecular weight excluding hydrogens is 330 g/mol. The number of ether oxygens (including phenoxy) is 2. The number of hydrogen-bond donors (Lipinski definition) is 1. The smallest absolute Gasteiger partial charge is 0.337 e. The van der Waals surface area contributed by atoms with Crippen molar-refractivity contribution in [3.05, 3.63) is 64.7 Å². The van der Waals surface area contributed by atoms with Gasteiger partial charge in [0.2, 0.25) is 0 Å². The minimum absolute atomic E-state index is 0.246. The van der Waals surface area contributed by atoms with Crippen molar-refractivity contribution in [2.45, 2.75) is 26.5 Å². The van der Waals surface area contributed by atoms with Crippen LogP contribution >= 0.6 is 0 Å². The number of hydrogen-bond acceptors (Lipinski definition) is 5. The largest absolute Gasteiger partial charge is 0.491 e. The fourth-order valence-corrected chi connectivity index (χ4v) is 2.70. The Morgan fingerprint density at radius 3 is 2.50 bits per heavy atom. The second-order valence-corrected chi connectivity index (χ2v) is 6.62. The van der Waals surface area contributed by atoms with E-state index in [0.29, 0.717) is 18.7 Å². The minimum Gasteiger partial charge on any atom is -0.491 e. The summed E-state index contributed by atoms with van der Waals surface area (Å²) in [6.07, 6.45) is -0.589. The number of aryl methyl sites for hydroxylation is 2. The number of carbonyl (C=O) groups is 1. The van der Waals surface area contributed by atoms with Gasteiger partial charge in [-0.05, 0) is 55.8 Å². The molecule has 0 heterocycles. The molecule has 2 aromatic carbocycles. The van der Waals surface area contributed by atoms with E-state index in [1.165, 1.54) is 7.11 Å². The third-order valence-electron chi connectivity index (χ3n) is 4.12. The van der Waals surface area contributed by atoms with Crippen molar-refractivity contribution in [2.24, 2.45) is 0 Å². The molecule has 0 bridgehead atoms. The van der Waals surface area contributed by atoms with Gasteiger partial charge in [-0.25, -0.2) is 4.79 Å². The first-order valence-electron chi connectivity index (χ1n) is 8.63. The summed E-state index contributed by atoms with van der Waals surface area (Å²) in [5.74, 6) is 0.467. The summed E-state index contributed by atoms with van der Waals surface area (Å²) in [6.45, 7) is 5.41. The number of likely N-dealkylation sites (N-methyl/N-ethyl adjacent to an activating group) is 1. The van der Waals surface area contributed by atoms with E-state index in [1.54, 1.807) is 12.1 Å². The molecule has 0 aliphatic carbocycles. The molecule has 1 N–H and O–H groups in total. The van der Waals surface area contributed by atoms with Crippen molar-refractivity contribution in [1.29, 1.82) is 0 Å². The van der Waals surface area contributed by atoms with Crippen LogP contribution in [0.1, 0.15) is 27.0 Å². The number of rotatable bonds is 8. The SMILES string of the molecule is COC(=O)c1ccc(CN(C)C[C@@H](O)COc2cc(C)ccc2C)cc1. The molecule has 0 aliphatic rings. The van der Waals surface area contributed by atoms with Crippen LogP contribution in [0.3, 0.4) is 0 Å². The Morgan fingerprint density at radius 2 is 1.85 bits per heavy atom. The van der Waals surface area contributed by atoms with E-state index < -0.39 is 6.10 Å². The van der Waals surface area contributed by atoms with Crippen molar-refractivity contribution in [1.82, 2.24) is 4.90 Å². The molecule has 0 aliphatic heterocycles. The first kappa shape index (κ1) is 19.9. The molecule has 0 fully saturated rings. The number of aliphatic hydroxyl groups excluding tert-OH is 1. The molecule has 5 nitrogen and oxygen atoms in total. The van der Waals surface area contributed by atoms with E-state index >= 15 is 0 Å². The van der Waals surface area contributed by atoms with Gasteiger partial charge in [0, 0.05) is 13.1 Å². The quantitative estimate of drug-likeness (QED) is 0.736. The van der Waals surface area contributed by atoms with E-state index in [1.807, 2.05) is 56.1 Å². The summed E-state index contributed by atoms with van der Waals surface area (Å²) in [7, 11) is 3.31. The second-order valence-electron chi connectivity index (χ2n) is 6.62. The van der Waals surface area contributed by atoms with Gasteiger partial charge in [-0.2, -0.15) is 0 Å². The second kappa shape index (κ2) is 9.36. The Kier molecular flexibility index (Phi) is 7.18. The molecule has 2 aromatic rings. The van der Waals surface area contributed by atoms with Gasteiger partial charge in [0.05, 0.1) is 12.7 Å². The highest BCUT2D eigenvalue weighted by Gasteiger charge is 2.11. The summed E-state index contributed by atoms with van der Waals surface area (Å²) in [4.78, 5) is 13.5. The third-order valence-corrected chi connectivity index (χ3v) is 4.12. The summed E-state index contributed by atoms with van der Waals surface area (Å²) in [5.41, 5.74) is 3.78. The maximum absolute atomic E-state index is 11.4. The first-order valence-corrected chi connectivity index (χ1v) is 8.63. The van der Waals surface area contributed by atoms with Crippen LogP contribution < -0.4 is 4.74 Å². The van der Waals surface area contributed by atoms with Crippen molar-refractivity contribution >= 4 is 5.97 Å². The minimum atomic E-state index is -0.589. The van der Waals surface area contributed by atoms with E-state index in [0.717, 1.165) is 22.4 Å². The van der Waals surface area contributed by atoms with Crippen LogP contribution in [-0.4, -0.2) is 49.4 Å². The van der Waals surface area contributed by atoms with Crippen LogP contribution in [0.15, 0.2) is 42.5 Å². The lowest BCUT2D eigenvalue weighted by Crippen LogP contribution is -2.32. The van der Waals surface area contributed by atoms with Gasteiger partial charge in [0.15, 0.2) is 0 Å². The highest BCUT2D eigenvalue weighted by atomic mass is 16.5. The topological polar surface area (TPSA) is 59.0 Å². The predicted octanol–water partition coefficient (Wildman–Crippen LogP) is 2.96. The van der Waals surface area contributed by atoms with E-state index in [4.69, 9.17) is 9.47 Å². The number of nitrogens with zero attached hydrogens (tertiary/aromatic N) is 1. The highest BCUT2D eigenvalue weighted by Crippen LogP contribution is 2.19. The van der Waals surface area contributed by atoms with Crippen LogP contribution in [-0.2, 0) is 11.3 Å². The lowest BCUT2D eigenvalue weighted by Gasteiger charge is -2.21. The number of benzene rings is 2. The Hall–Kier alpha value is -2.37. The van der Waals surface area contributed by atoms with Gasteiger partial charge >= 0.3 is 5.97 Å². The fraction of sp³-hybridized carbons (Fsp3) is 0.381. The summed E-state index contributed by atoms with van der Waals surface area (Å²) in [6, 6.07) is 13.3. The number of esters is 1. The summed E-state index contributed by atoms with van der Waals surface area (Å²) in [5, 5.41) is 10.2. The van der Waals surface area contributed by atoms with Crippen LogP contribution in [0, 0.1) is 13.8 Å². The van der Waals surface area contributed by atoms with Gasteiger partial charge in [-0.3, -0.25) is 4.90 Å². The standard InChI is InChI=1S/C21H27NO4/c1-15-5-6-16(2)20(11-15)26-14-19(23)13-22(3)12-17-7-9-18(10-8-17)21(24)25-4/h5-11,19,23H,12-14H2,1-4H3/t19-/m1/s1. The molecular formula is C21H27NO4. The molecule has 1 atom stereocenters. The van der Waals surface area contributed by atoms with E-state index in [2.05, 4.69) is 0 Å². The molecule has 2 rings (SSSR count). The molecule has 0 unspecified atom stereocenters. The molecule has 0 radical (unpaired) electrons. The van der Waals surface area contributed by atoms with Gasteiger partial charge in [-0.15, -0.1) is 0 Å². The van der Waals surface area contributed by atoms with Gasteiger partial charge < -0.3 is 14.6 Å². The van der Waals surface area contributed by atoms with Gasteiger partial charge in [-0.1, -0.05) is 24.3 Å². The van der Waals surface area contributed by atoms with Crippen LogP contribution in [0.4, 0.5) is 0 Å². The van der Waals surface area contributed by atoms with Crippen LogP contribution in [0.2, 0.25) is 0 Å². The van der Waals surface area contributed by atoms with E-state index in [9.17, 15) is 9.90 Å². The fourth-order valence-electron chi connectivity index (χ4n) is 2.70. The van der Waals surface area contributed by atoms with Gasteiger partial charge in [0.25, 0.3) is 0 Å². The zero-order chi connectivity index (χ0) is 19.1. The zero-order valence-electron chi connectivity index (χ0n) is 15.9. The normalized spacial score (nSPS) is 12.1. The monoisotopic (exact) mass is 357 g/mol. The van der Waals surface area contributed by atoms with Crippen LogP contribution in [0.25, 0.3) is 0 Å². The summed E-state index contributed by atoms with van der Waals surface area (Å²) < 4.78 is 10.4. The Balaban J connectivity index is 1.82. The number of carbonyl (C=O) groups excluding carboxylic acids is 1. The Morgan fingerprint density at radius 1 is 1.15 bits per heavy atom. The average molecular weight is 357 g/mol. The number of aliphatic hydroxyl groups is 1. The predicted molar refractivity (Wildman–Crippen MR) is 102 cm³/mol.